The minimum atomic E-state index is -0.858. The number of methoxy groups -OCH3 is 1. The van der Waals surface area contributed by atoms with Gasteiger partial charge in [-0.25, -0.2) is 4.79 Å². The van der Waals surface area contributed by atoms with Gasteiger partial charge in [0.25, 0.3) is 0 Å². The minimum Gasteiger partial charge on any atom is -0.468 e. The standard InChI is InChI=1S/C27H28BrN3O5/c1-18(30-27(34)36-17-19-9-5-3-6-10-19)26(33)31-23-14-13-21(28)15-22(23)25(29-16-24(32)35-2)20-11-7-4-8-12-20/h3-15,18,25,29H,16-17H2,1-2H3,(H,30,34)(H,31,33)/t18-,25-/m0/s1. The van der Waals surface area contributed by atoms with E-state index < -0.39 is 30.1 Å². The zero-order valence-electron chi connectivity index (χ0n) is 20.0. The fourth-order valence-corrected chi connectivity index (χ4v) is 3.82. The highest BCUT2D eigenvalue weighted by atomic mass is 79.9. The van der Waals surface area contributed by atoms with Gasteiger partial charge in [0.15, 0.2) is 0 Å². The van der Waals surface area contributed by atoms with Crippen molar-refractivity contribution >= 4 is 39.6 Å². The van der Waals surface area contributed by atoms with E-state index in [1.54, 1.807) is 19.1 Å². The summed E-state index contributed by atoms with van der Waals surface area (Å²) >= 11 is 3.49. The van der Waals surface area contributed by atoms with Crippen LogP contribution in [0.2, 0.25) is 0 Å². The molecule has 3 N–H and O–H groups in total. The Balaban J connectivity index is 1.73. The molecule has 2 amide bonds. The fourth-order valence-electron chi connectivity index (χ4n) is 3.44. The van der Waals surface area contributed by atoms with Gasteiger partial charge in [0.05, 0.1) is 19.7 Å². The zero-order valence-corrected chi connectivity index (χ0v) is 21.6. The van der Waals surface area contributed by atoms with E-state index in [4.69, 9.17) is 9.47 Å². The van der Waals surface area contributed by atoms with Crippen molar-refractivity contribution in [3.8, 4) is 0 Å². The number of anilines is 1. The number of esters is 1. The Morgan fingerprint density at radius 3 is 2.28 bits per heavy atom. The van der Waals surface area contributed by atoms with Gasteiger partial charge in [0, 0.05) is 10.2 Å². The molecule has 0 aliphatic carbocycles. The van der Waals surface area contributed by atoms with E-state index >= 15 is 0 Å². The molecule has 188 valence electrons. The normalized spacial score (nSPS) is 12.2. The molecule has 0 radical (unpaired) electrons. The number of nitrogens with one attached hydrogen (secondary N) is 3. The summed E-state index contributed by atoms with van der Waals surface area (Å²) < 4.78 is 10.8. The van der Waals surface area contributed by atoms with Gasteiger partial charge in [0.1, 0.15) is 12.6 Å². The lowest BCUT2D eigenvalue weighted by atomic mass is 9.97. The van der Waals surface area contributed by atoms with Crippen molar-refractivity contribution in [1.29, 1.82) is 0 Å². The van der Waals surface area contributed by atoms with Gasteiger partial charge in [-0.1, -0.05) is 76.6 Å². The molecule has 0 aromatic heterocycles. The Hall–Kier alpha value is -3.69. The molecule has 0 aliphatic rings. The summed E-state index contributed by atoms with van der Waals surface area (Å²) in [7, 11) is 1.32. The number of rotatable bonds is 10. The van der Waals surface area contributed by atoms with Crippen LogP contribution in [-0.2, 0) is 25.7 Å². The van der Waals surface area contributed by atoms with Crippen molar-refractivity contribution in [1.82, 2.24) is 10.6 Å². The molecule has 36 heavy (non-hydrogen) atoms. The molecule has 3 aromatic carbocycles. The highest BCUT2D eigenvalue weighted by Crippen LogP contribution is 2.31. The summed E-state index contributed by atoms with van der Waals surface area (Å²) in [6.07, 6.45) is -0.695. The average Bonchev–Trinajstić information content (AvgIpc) is 2.90. The third-order valence-electron chi connectivity index (χ3n) is 5.33. The van der Waals surface area contributed by atoms with Gasteiger partial charge in [-0.2, -0.15) is 0 Å². The predicted molar refractivity (Wildman–Crippen MR) is 140 cm³/mol. The van der Waals surface area contributed by atoms with Crippen molar-refractivity contribution in [2.24, 2.45) is 0 Å². The van der Waals surface area contributed by atoms with Gasteiger partial charge < -0.3 is 20.1 Å². The van der Waals surface area contributed by atoms with E-state index in [1.165, 1.54) is 7.11 Å². The maximum Gasteiger partial charge on any atom is 0.408 e. The summed E-state index contributed by atoms with van der Waals surface area (Å²) in [5.41, 5.74) is 2.99. The predicted octanol–water partition coefficient (Wildman–Crippen LogP) is 4.55. The number of halogens is 1. The van der Waals surface area contributed by atoms with Crippen molar-refractivity contribution in [2.45, 2.75) is 25.6 Å². The maximum atomic E-state index is 12.9. The Kier molecular flexibility index (Phi) is 10.0. The smallest absolute Gasteiger partial charge is 0.408 e. The molecule has 0 fully saturated rings. The number of hydrogen-bond donors (Lipinski definition) is 3. The van der Waals surface area contributed by atoms with Gasteiger partial charge in [-0.05, 0) is 41.8 Å². The number of benzene rings is 3. The van der Waals surface area contributed by atoms with E-state index in [0.29, 0.717) is 5.69 Å². The fraction of sp³-hybridized carbons (Fsp3) is 0.222. The second-order valence-corrected chi connectivity index (χ2v) is 8.86. The lowest BCUT2D eigenvalue weighted by molar-refractivity contribution is -0.139. The zero-order chi connectivity index (χ0) is 25.9. The van der Waals surface area contributed by atoms with Gasteiger partial charge >= 0.3 is 12.1 Å². The van der Waals surface area contributed by atoms with E-state index in [0.717, 1.165) is 21.2 Å². The topological polar surface area (TPSA) is 106 Å². The maximum absolute atomic E-state index is 12.9. The number of alkyl carbamates (subject to hydrolysis) is 1. The van der Waals surface area contributed by atoms with Crippen LogP contribution in [0.4, 0.5) is 10.5 Å². The molecule has 8 nitrogen and oxygen atoms in total. The van der Waals surface area contributed by atoms with Crippen molar-refractivity contribution < 1.29 is 23.9 Å². The third-order valence-corrected chi connectivity index (χ3v) is 5.83. The SMILES string of the molecule is COC(=O)CN[C@@H](c1ccccc1)c1cc(Br)ccc1NC(=O)[C@H](C)NC(=O)OCc1ccccc1. The summed E-state index contributed by atoms with van der Waals surface area (Å²) in [4.78, 5) is 37.0. The van der Waals surface area contributed by atoms with Crippen LogP contribution in [0.25, 0.3) is 0 Å². The van der Waals surface area contributed by atoms with Crippen LogP contribution in [0.3, 0.4) is 0 Å². The van der Waals surface area contributed by atoms with Crippen LogP contribution in [-0.4, -0.2) is 37.7 Å². The van der Waals surface area contributed by atoms with Crippen LogP contribution >= 0.6 is 15.9 Å². The quantitative estimate of drug-likeness (QED) is 0.318. The molecule has 0 aliphatic heterocycles. The van der Waals surface area contributed by atoms with Gasteiger partial charge in [0.2, 0.25) is 5.91 Å². The monoisotopic (exact) mass is 553 g/mol. The van der Waals surface area contributed by atoms with E-state index in [9.17, 15) is 14.4 Å². The second-order valence-electron chi connectivity index (χ2n) is 7.95. The van der Waals surface area contributed by atoms with Crippen LogP contribution in [0, 0.1) is 0 Å². The number of carbonyl (C=O) groups is 3. The Morgan fingerprint density at radius 2 is 1.61 bits per heavy atom. The number of carbonyl (C=O) groups excluding carboxylic acids is 3. The molecule has 3 rings (SSSR count). The molecule has 3 aromatic rings. The first-order valence-corrected chi connectivity index (χ1v) is 12.1. The summed E-state index contributed by atoms with van der Waals surface area (Å²) in [6, 6.07) is 22.9. The third kappa shape index (κ3) is 7.93. The Morgan fingerprint density at radius 1 is 0.944 bits per heavy atom. The minimum absolute atomic E-state index is 0.0266. The van der Waals surface area contributed by atoms with Crippen LogP contribution in [0.1, 0.15) is 29.7 Å². The molecule has 9 heteroatoms. The molecule has 2 atom stereocenters. The molecule has 0 bridgehead atoms. The van der Waals surface area contributed by atoms with Crippen molar-refractivity contribution in [3.63, 3.8) is 0 Å². The number of hydrogen-bond acceptors (Lipinski definition) is 6. The summed E-state index contributed by atoms with van der Waals surface area (Å²) in [5.74, 6) is -0.835. The van der Waals surface area contributed by atoms with Crippen molar-refractivity contribution in [2.75, 3.05) is 19.0 Å². The highest BCUT2D eigenvalue weighted by molar-refractivity contribution is 9.10. The van der Waals surface area contributed by atoms with E-state index in [1.807, 2.05) is 66.7 Å². The van der Waals surface area contributed by atoms with Gasteiger partial charge in [-0.15, -0.1) is 0 Å². The number of ether oxygens (including phenoxy) is 2. The van der Waals surface area contributed by atoms with E-state index in [-0.39, 0.29) is 13.2 Å². The molecule has 0 heterocycles. The second kappa shape index (κ2) is 13.4. The van der Waals surface area contributed by atoms with Crippen LogP contribution in [0.5, 0.6) is 0 Å². The lowest BCUT2D eigenvalue weighted by Gasteiger charge is -2.23. The highest BCUT2D eigenvalue weighted by Gasteiger charge is 2.22. The Labute approximate surface area is 218 Å². The number of amides is 2. The molecular weight excluding hydrogens is 526 g/mol. The largest absolute Gasteiger partial charge is 0.468 e. The molecule has 0 unspecified atom stereocenters. The Bertz CT molecular complexity index is 1170. The first kappa shape index (κ1) is 26.9. The van der Waals surface area contributed by atoms with Crippen molar-refractivity contribution in [3.05, 3.63) is 100 Å². The molecule has 0 saturated heterocycles. The first-order valence-electron chi connectivity index (χ1n) is 11.3. The lowest BCUT2D eigenvalue weighted by Crippen LogP contribution is -2.42. The summed E-state index contributed by atoms with van der Waals surface area (Å²) in [6.45, 7) is 1.64. The first-order chi connectivity index (χ1) is 17.4. The molecular formula is C27H28BrN3O5. The van der Waals surface area contributed by atoms with Crippen LogP contribution < -0.4 is 16.0 Å². The van der Waals surface area contributed by atoms with E-state index in [2.05, 4.69) is 31.9 Å². The average molecular weight is 554 g/mol. The molecule has 0 spiro atoms. The van der Waals surface area contributed by atoms with Crippen LogP contribution in [0.15, 0.2) is 83.3 Å². The van der Waals surface area contributed by atoms with Gasteiger partial charge in [-0.3, -0.25) is 14.9 Å². The summed E-state index contributed by atoms with van der Waals surface area (Å²) in [5, 5.41) is 8.63. The molecule has 0 saturated carbocycles.